The summed E-state index contributed by atoms with van der Waals surface area (Å²) in [6.07, 6.45) is 12.8. The van der Waals surface area contributed by atoms with Gasteiger partial charge in [0.25, 0.3) is 0 Å². The minimum Gasteiger partial charge on any atom is -0.459 e. The number of hydrogen-bond acceptors (Lipinski definition) is 3. The van der Waals surface area contributed by atoms with Gasteiger partial charge in [0.2, 0.25) is 0 Å². The maximum absolute atomic E-state index is 11.1. The fraction of sp³-hybridized carbons (Fsp3) is 0.333. The van der Waals surface area contributed by atoms with Crippen LogP contribution in [0.4, 0.5) is 0 Å². The van der Waals surface area contributed by atoms with Gasteiger partial charge in [-0.2, -0.15) is 5.26 Å². The Bertz CT molecular complexity index is 602. The standard InChI is InChI=1S/C11H9N.C10H16O2/c12-10-6-2-5-9-11-7-3-1-4-8-11;1-8(2)10(11)12-9-6-4-3-5-7-9/h1-9H;9H,1,3-7H2,2H3. The Labute approximate surface area is 145 Å². The smallest absolute Gasteiger partial charge is 0.333 e. The third kappa shape index (κ3) is 8.75. The molecule has 0 N–H and O–H groups in total. The number of nitrogens with zero attached hydrogens (tertiary/aromatic N) is 1. The molecule has 2 rings (SSSR count). The van der Waals surface area contributed by atoms with Crippen LogP contribution in [0.1, 0.15) is 44.6 Å². The summed E-state index contributed by atoms with van der Waals surface area (Å²) in [7, 11) is 0. The summed E-state index contributed by atoms with van der Waals surface area (Å²) >= 11 is 0. The molecule has 24 heavy (non-hydrogen) atoms. The van der Waals surface area contributed by atoms with Crippen molar-refractivity contribution >= 4 is 12.0 Å². The van der Waals surface area contributed by atoms with E-state index in [9.17, 15) is 4.79 Å². The largest absolute Gasteiger partial charge is 0.459 e. The van der Waals surface area contributed by atoms with Gasteiger partial charge < -0.3 is 4.74 Å². The van der Waals surface area contributed by atoms with E-state index in [1.807, 2.05) is 48.6 Å². The molecular formula is C21H25NO2. The zero-order valence-electron chi connectivity index (χ0n) is 14.3. The molecule has 3 nitrogen and oxygen atoms in total. The van der Waals surface area contributed by atoms with Crippen molar-refractivity contribution in [1.82, 2.24) is 0 Å². The summed E-state index contributed by atoms with van der Waals surface area (Å²) in [6, 6.07) is 11.9. The van der Waals surface area contributed by atoms with E-state index in [0.29, 0.717) is 5.57 Å². The number of carbonyl (C=O) groups excluding carboxylic acids is 1. The first-order valence-electron chi connectivity index (χ1n) is 8.28. The molecule has 0 heterocycles. The lowest BCUT2D eigenvalue weighted by molar-refractivity contribution is -0.145. The second kappa shape index (κ2) is 11.9. The van der Waals surface area contributed by atoms with Crippen LogP contribution in [0.3, 0.4) is 0 Å². The Morgan fingerprint density at radius 3 is 2.46 bits per heavy atom. The van der Waals surface area contributed by atoms with Crippen LogP contribution in [0.15, 0.2) is 60.7 Å². The zero-order valence-corrected chi connectivity index (χ0v) is 14.3. The van der Waals surface area contributed by atoms with E-state index in [1.165, 1.54) is 25.3 Å². The second-order valence-corrected chi connectivity index (χ2v) is 5.70. The van der Waals surface area contributed by atoms with Crippen LogP contribution in [0.2, 0.25) is 0 Å². The maximum atomic E-state index is 11.1. The van der Waals surface area contributed by atoms with Crippen LogP contribution in [0.5, 0.6) is 0 Å². The Morgan fingerprint density at radius 2 is 1.88 bits per heavy atom. The lowest BCUT2D eigenvalue weighted by atomic mass is 9.98. The third-order valence-corrected chi connectivity index (χ3v) is 3.54. The zero-order chi connectivity index (χ0) is 17.6. The summed E-state index contributed by atoms with van der Waals surface area (Å²) < 4.78 is 5.21. The number of carbonyl (C=O) groups is 1. The number of nitriles is 1. The highest BCUT2D eigenvalue weighted by Crippen LogP contribution is 2.20. The molecule has 1 aromatic rings. The molecule has 126 valence electrons. The van der Waals surface area contributed by atoms with E-state index in [0.717, 1.165) is 18.4 Å². The van der Waals surface area contributed by atoms with Crippen LogP contribution in [-0.2, 0) is 9.53 Å². The number of hydrogen-bond donors (Lipinski definition) is 0. The van der Waals surface area contributed by atoms with Gasteiger partial charge in [-0.05, 0) is 38.2 Å². The van der Waals surface area contributed by atoms with Crippen molar-refractivity contribution in [1.29, 1.82) is 5.26 Å². The van der Waals surface area contributed by atoms with E-state index in [1.54, 1.807) is 13.0 Å². The first kappa shape index (κ1) is 19.4. The highest BCUT2D eigenvalue weighted by Gasteiger charge is 2.17. The molecule has 1 aromatic carbocycles. The topological polar surface area (TPSA) is 50.1 Å². The van der Waals surface area contributed by atoms with Crippen molar-refractivity contribution < 1.29 is 9.53 Å². The molecule has 0 amide bonds. The van der Waals surface area contributed by atoms with Gasteiger partial charge in [0, 0.05) is 11.6 Å². The predicted octanol–water partition coefficient (Wildman–Crippen LogP) is 5.22. The van der Waals surface area contributed by atoms with Crippen molar-refractivity contribution in [2.75, 3.05) is 0 Å². The molecular weight excluding hydrogens is 298 g/mol. The van der Waals surface area contributed by atoms with Crippen LogP contribution in [0, 0.1) is 11.3 Å². The summed E-state index contributed by atoms with van der Waals surface area (Å²) in [4.78, 5) is 11.1. The first-order chi connectivity index (χ1) is 11.6. The first-order valence-corrected chi connectivity index (χ1v) is 8.28. The lowest BCUT2D eigenvalue weighted by Crippen LogP contribution is -2.20. The molecule has 0 saturated heterocycles. The van der Waals surface area contributed by atoms with Gasteiger partial charge in [-0.25, -0.2) is 4.79 Å². The summed E-state index contributed by atoms with van der Waals surface area (Å²) in [5.41, 5.74) is 1.64. The van der Waals surface area contributed by atoms with Gasteiger partial charge in [-0.15, -0.1) is 0 Å². The molecule has 0 spiro atoms. The Morgan fingerprint density at radius 1 is 1.21 bits per heavy atom. The SMILES string of the molecule is C=C(C)C(=O)OC1CCCCC1.N#CC=CC=Cc1ccccc1. The molecule has 1 aliphatic rings. The van der Waals surface area contributed by atoms with Crippen LogP contribution in [0.25, 0.3) is 6.08 Å². The third-order valence-electron chi connectivity index (χ3n) is 3.54. The quantitative estimate of drug-likeness (QED) is 0.330. The van der Waals surface area contributed by atoms with Crippen molar-refractivity contribution in [2.24, 2.45) is 0 Å². The van der Waals surface area contributed by atoms with E-state index < -0.39 is 0 Å². The molecule has 1 fully saturated rings. The van der Waals surface area contributed by atoms with Crippen molar-refractivity contribution in [3.63, 3.8) is 0 Å². The number of rotatable bonds is 4. The second-order valence-electron chi connectivity index (χ2n) is 5.70. The molecule has 0 radical (unpaired) electrons. The Balaban J connectivity index is 0.000000240. The van der Waals surface area contributed by atoms with Gasteiger partial charge in [0.05, 0.1) is 6.07 Å². The number of benzene rings is 1. The van der Waals surface area contributed by atoms with Crippen LogP contribution in [-0.4, -0.2) is 12.1 Å². The highest BCUT2D eigenvalue weighted by atomic mass is 16.5. The fourth-order valence-electron chi connectivity index (χ4n) is 2.26. The van der Waals surface area contributed by atoms with Gasteiger partial charge in [-0.1, -0.05) is 61.6 Å². The number of esters is 1. The van der Waals surface area contributed by atoms with Gasteiger partial charge in [0.15, 0.2) is 0 Å². The number of allylic oxidation sites excluding steroid dienone is 3. The molecule has 0 unspecified atom stereocenters. The molecule has 3 heteroatoms. The van der Waals surface area contributed by atoms with Gasteiger partial charge in [-0.3, -0.25) is 0 Å². The summed E-state index contributed by atoms with van der Waals surface area (Å²) in [5.74, 6) is -0.234. The van der Waals surface area contributed by atoms with Gasteiger partial charge in [0.1, 0.15) is 6.10 Å². The predicted molar refractivity (Wildman–Crippen MR) is 98.0 cm³/mol. The van der Waals surface area contributed by atoms with Crippen LogP contribution < -0.4 is 0 Å². The van der Waals surface area contributed by atoms with Crippen molar-refractivity contribution in [3.8, 4) is 6.07 Å². The minimum atomic E-state index is -0.234. The highest BCUT2D eigenvalue weighted by molar-refractivity contribution is 5.87. The maximum Gasteiger partial charge on any atom is 0.333 e. The van der Waals surface area contributed by atoms with E-state index in [2.05, 4.69) is 6.58 Å². The summed E-state index contributed by atoms with van der Waals surface area (Å²) in [6.45, 7) is 5.23. The Hall–Kier alpha value is -2.60. The average molecular weight is 323 g/mol. The fourth-order valence-corrected chi connectivity index (χ4v) is 2.26. The number of ether oxygens (including phenoxy) is 1. The van der Waals surface area contributed by atoms with E-state index in [4.69, 9.17) is 10.00 Å². The molecule has 1 aliphatic carbocycles. The molecule has 0 aliphatic heterocycles. The molecule has 0 aromatic heterocycles. The molecule has 1 saturated carbocycles. The van der Waals surface area contributed by atoms with Crippen LogP contribution >= 0.6 is 0 Å². The van der Waals surface area contributed by atoms with Crippen molar-refractivity contribution in [2.45, 2.75) is 45.1 Å². The van der Waals surface area contributed by atoms with Gasteiger partial charge >= 0.3 is 5.97 Å². The Kier molecular flexibility index (Phi) is 9.64. The average Bonchev–Trinajstić information content (AvgIpc) is 2.61. The minimum absolute atomic E-state index is 0.156. The molecule has 0 bridgehead atoms. The monoisotopic (exact) mass is 323 g/mol. The normalized spacial score (nSPS) is 14.7. The lowest BCUT2D eigenvalue weighted by Gasteiger charge is -2.21. The summed E-state index contributed by atoms with van der Waals surface area (Å²) in [5, 5.41) is 8.19. The van der Waals surface area contributed by atoms with E-state index >= 15 is 0 Å². The van der Waals surface area contributed by atoms with E-state index in [-0.39, 0.29) is 12.1 Å². The molecule has 0 atom stereocenters. The van der Waals surface area contributed by atoms with Crippen molar-refractivity contribution in [3.05, 3.63) is 66.3 Å².